The van der Waals surface area contributed by atoms with Crippen LogP contribution in [-0.4, -0.2) is 39.6 Å². The summed E-state index contributed by atoms with van der Waals surface area (Å²) >= 11 is 0. The van der Waals surface area contributed by atoms with Gasteiger partial charge in [-0.2, -0.15) is 5.10 Å². The monoisotopic (exact) mass is 392 g/mol. The summed E-state index contributed by atoms with van der Waals surface area (Å²) in [4.78, 5) is 26.6. The highest BCUT2D eigenvalue weighted by Crippen LogP contribution is 2.26. The van der Waals surface area contributed by atoms with Gasteiger partial charge >= 0.3 is 0 Å². The van der Waals surface area contributed by atoms with E-state index in [2.05, 4.69) is 10.4 Å². The number of aromatic nitrogens is 2. The number of carbonyl (C=O) groups excluding carboxylic acids is 2. The average molecular weight is 392 g/mol. The lowest BCUT2D eigenvalue weighted by molar-refractivity contribution is -0.116. The maximum absolute atomic E-state index is 12.4. The number of nitrogens with zero attached hydrogens (tertiary/aromatic N) is 3. The van der Waals surface area contributed by atoms with E-state index in [0.717, 1.165) is 18.4 Å². The number of nitrogens with one attached hydrogen (secondary N) is 1. The smallest absolute Gasteiger partial charge is 0.289 e. The Kier molecular flexibility index (Phi) is 5.74. The summed E-state index contributed by atoms with van der Waals surface area (Å²) in [6.07, 6.45) is 5.89. The fourth-order valence-electron chi connectivity index (χ4n) is 3.68. The van der Waals surface area contributed by atoms with Crippen molar-refractivity contribution in [3.05, 3.63) is 72.3 Å². The molecular weight excluding hydrogens is 368 g/mol. The zero-order valence-electron chi connectivity index (χ0n) is 16.2. The maximum atomic E-state index is 12.4. The molecule has 150 valence electrons. The number of benzene rings is 1. The molecular formula is C22H24N4O3. The van der Waals surface area contributed by atoms with Crippen LogP contribution < -0.4 is 5.32 Å². The lowest BCUT2D eigenvalue weighted by Gasteiger charge is -2.32. The third-order valence-electron chi connectivity index (χ3n) is 5.25. The van der Waals surface area contributed by atoms with Crippen molar-refractivity contribution in [1.82, 2.24) is 14.7 Å². The normalized spacial score (nSPS) is 14.7. The fraction of sp³-hybridized carbons (Fsp3) is 0.318. The number of piperidine rings is 1. The molecule has 4 rings (SSSR count). The van der Waals surface area contributed by atoms with Crippen molar-refractivity contribution in [2.24, 2.45) is 0 Å². The van der Waals surface area contributed by atoms with Gasteiger partial charge in [0.25, 0.3) is 5.91 Å². The van der Waals surface area contributed by atoms with Crippen LogP contribution in [0, 0.1) is 0 Å². The van der Waals surface area contributed by atoms with Gasteiger partial charge in [-0.15, -0.1) is 0 Å². The van der Waals surface area contributed by atoms with Gasteiger partial charge in [0.1, 0.15) is 5.82 Å². The standard InChI is InChI=1S/C22H24N4O3/c27-21(9-8-17-5-2-1-3-6-17)24-20-10-13-23-26(20)18-11-14-25(15-12-18)22(28)19-7-4-16-29-19/h1-7,10,13,16,18H,8-9,11-12,14-15H2,(H,24,27). The Morgan fingerprint density at radius 1 is 1.07 bits per heavy atom. The molecule has 7 nitrogen and oxygen atoms in total. The second-order valence-electron chi connectivity index (χ2n) is 7.20. The van der Waals surface area contributed by atoms with Crippen LogP contribution in [-0.2, 0) is 11.2 Å². The maximum Gasteiger partial charge on any atom is 0.289 e. The van der Waals surface area contributed by atoms with E-state index in [-0.39, 0.29) is 17.9 Å². The minimum Gasteiger partial charge on any atom is -0.459 e. The van der Waals surface area contributed by atoms with Gasteiger partial charge in [-0.1, -0.05) is 30.3 Å². The van der Waals surface area contributed by atoms with E-state index in [0.29, 0.717) is 37.5 Å². The zero-order valence-corrected chi connectivity index (χ0v) is 16.2. The Hall–Kier alpha value is -3.35. The van der Waals surface area contributed by atoms with E-state index >= 15 is 0 Å². The summed E-state index contributed by atoms with van der Waals surface area (Å²) < 4.78 is 7.08. The summed E-state index contributed by atoms with van der Waals surface area (Å²) in [6.45, 7) is 1.26. The predicted molar refractivity (Wildman–Crippen MR) is 109 cm³/mol. The van der Waals surface area contributed by atoms with Crippen molar-refractivity contribution in [1.29, 1.82) is 0 Å². The van der Waals surface area contributed by atoms with Crippen LogP contribution in [0.1, 0.15) is 41.4 Å². The Bertz CT molecular complexity index is 942. The minimum atomic E-state index is -0.0802. The quantitative estimate of drug-likeness (QED) is 0.696. The van der Waals surface area contributed by atoms with E-state index < -0.39 is 0 Å². The Balaban J connectivity index is 1.31. The zero-order chi connectivity index (χ0) is 20.1. The number of amides is 2. The second kappa shape index (κ2) is 8.77. The van der Waals surface area contributed by atoms with Crippen LogP contribution in [0.5, 0.6) is 0 Å². The second-order valence-corrected chi connectivity index (χ2v) is 7.20. The molecule has 1 saturated heterocycles. The molecule has 7 heteroatoms. The third kappa shape index (κ3) is 4.56. The van der Waals surface area contributed by atoms with Crippen molar-refractivity contribution in [2.45, 2.75) is 31.7 Å². The van der Waals surface area contributed by atoms with E-state index in [1.807, 2.05) is 41.1 Å². The fourth-order valence-corrected chi connectivity index (χ4v) is 3.68. The van der Waals surface area contributed by atoms with Crippen molar-refractivity contribution in [2.75, 3.05) is 18.4 Å². The predicted octanol–water partition coefficient (Wildman–Crippen LogP) is 3.52. The van der Waals surface area contributed by atoms with E-state index in [1.165, 1.54) is 6.26 Å². The van der Waals surface area contributed by atoms with Gasteiger partial charge in [-0.3, -0.25) is 9.59 Å². The highest BCUT2D eigenvalue weighted by molar-refractivity contribution is 5.91. The highest BCUT2D eigenvalue weighted by atomic mass is 16.3. The molecule has 0 saturated carbocycles. The van der Waals surface area contributed by atoms with Crippen LogP contribution in [0.25, 0.3) is 0 Å². The van der Waals surface area contributed by atoms with Crippen LogP contribution >= 0.6 is 0 Å². The number of likely N-dealkylation sites (tertiary alicyclic amines) is 1. The van der Waals surface area contributed by atoms with Crippen molar-refractivity contribution < 1.29 is 14.0 Å². The van der Waals surface area contributed by atoms with Crippen molar-refractivity contribution >= 4 is 17.6 Å². The first-order valence-electron chi connectivity index (χ1n) is 9.91. The summed E-state index contributed by atoms with van der Waals surface area (Å²) in [6, 6.07) is 15.3. The summed E-state index contributed by atoms with van der Waals surface area (Å²) in [5.41, 5.74) is 1.14. The largest absolute Gasteiger partial charge is 0.459 e. The van der Waals surface area contributed by atoms with E-state index in [9.17, 15) is 9.59 Å². The summed E-state index contributed by atoms with van der Waals surface area (Å²) in [7, 11) is 0. The van der Waals surface area contributed by atoms with Crippen LogP contribution in [0.15, 0.2) is 65.4 Å². The molecule has 2 aromatic heterocycles. The SMILES string of the molecule is O=C(CCc1ccccc1)Nc1ccnn1C1CCN(C(=O)c2ccco2)CC1. The Morgan fingerprint density at radius 3 is 2.59 bits per heavy atom. The lowest BCUT2D eigenvalue weighted by atomic mass is 10.0. The topological polar surface area (TPSA) is 80.4 Å². The number of rotatable bonds is 6. The molecule has 0 radical (unpaired) electrons. The highest BCUT2D eigenvalue weighted by Gasteiger charge is 2.27. The molecule has 3 aromatic rings. The molecule has 1 N–H and O–H groups in total. The first kappa shape index (κ1) is 19.0. The minimum absolute atomic E-state index is 0.0268. The van der Waals surface area contributed by atoms with Gasteiger partial charge in [0, 0.05) is 25.6 Å². The molecule has 0 atom stereocenters. The number of carbonyl (C=O) groups is 2. The summed E-state index contributed by atoms with van der Waals surface area (Å²) in [5.74, 6) is 0.970. The molecule has 0 unspecified atom stereocenters. The van der Waals surface area contributed by atoms with Crippen molar-refractivity contribution in [3.63, 3.8) is 0 Å². The van der Waals surface area contributed by atoms with Gasteiger partial charge in [0.15, 0.2) is 5.76 Å². The number of hydrogen-bond acceptors (Lipinski definition) is 4. The molecule has 2 amide bonds. The molecule has 0 bridgehead atoms. The number of aryl methyl sites for hydroxylation is 1. The van der Waals surface area contributed by atoms with E-state index in [4.69, 9.17) is 4.42 Å². The van der Waals surface area contributed by atoms with Gasteiger partial charge in [-0.25, -0.2) is 4.68 Å². The van der Waals surface area contributed by atoms with Gasteiger partial charge in [0.2, 0.25) is 5.91 Å². The van der Waals surface area contributed by atoms with Crippen LogP contribution in [0.4, 0.5) is 5.82 Å². The molecule has 3 heterocycles. The summed E-state index contributed by atoms with van der Waals surface area (Å²) in [5, 5.41) is 7.39. The van der Waals surface area contributed by atoms with Crippen LogP contribution in [0.3, 0.4) is 0 Å². The molecule has 1 fully saturated rings. The van der Waals surface area contributed by atoms with Gasteiger partial charge in [0.05, 0.1) is 18.5 Å². The Labute approximate surface area is 169 Å². The molecule has 1 aromatic carbocycles. The molecule has 1 aliphatic heterocycles. The first-order chi connectivity index (χ1) is 14.2. The van der Waals surface area contributed by atoms with Gasteiger partial charge in [-0.05, 0) is 37.0 Å². The lowest BCUT2D eigenvalue weighted by Crippen LogP contribution is -2.39. The average Bonchev–Trinajstić information content (AvgIpc) is 3.45. The number of hydrogen-bond donors (Lipinski definition) is 1. The van der Waals surface area contributed by atoms with Gasteiger partial charge < -0.3 is 14.6 Å². The molecule has 0 aliphatic carbocycles. The number of furan rings is 1. The Morgan fingerprint density at radius 2 is 1.86 bits per heavy atom. The number of anilines is 1. The van der Waals surface area contributed by atoms with Crippen molar-refractivity contribution in [3.8, 4) is 0 Å². The molecule has 29 heavy (non-hydrogen) atoms. The molecule has 1 aliphatic rings. The third-order valence-corrected chi connectivity index (χ3v) is 5.25. The first-order valence-corrected chi connectivity index (χ1v) is 9.91. The molecule has 0 spiro atoms. The van der Waals surface area contributed by atoms with Crippen LogP contribution in [0.2, 0.25) is 0 Å². The van der Waals surface area contributed by atoms with E-state index in [1.54, 1.807) is 23.2 Å².